The Morgan fingerprint density at radius 1 is 1.39 bits per heavy atom. The molecule has 0 fully saturated rings. The zero-order valence-corrected chi connectivity index (χ0v) is 13.2. The molecule has 0 bridgehead atoms. The number of ether oxygens (including phenoxy) is 1. The Labute approximate surface area is 139 Å². The van der Waals surface area contributed by atoms with Crippen LogP contribution in [0, 0.1) is 0 Å². The second kappa shape index (κ2) is 7.11. The Kier molecular flexibility index (Phi) is 5.18. The zero-order chi connectivity index (χ0) is 15.5. The van der Waals surface area contributed by atoms with Crippen molar-refractivity contribution in [2.45, 2.75) is 19.6 Å². The van der Waals surface area contributed by atoms with Crippen molar-refractivity contribution in [3.8, 4) is 5.75 Å². The van der Waals surface area contributed by atoms with Gasteiger partial charge in [0.2, 0.25) is 0 Å². The second-order valence-electron chi connectivity index (χ2n) is 5.00. The number of carbonyl (C=O) groups excluding carboxylic acids is 2. The fourth-order valence-corrected chi connectivity index (χ4v) is 2.15. The zero-order valence-electron chi connectivity index (χ0n) is 12.4. The molecule has 2 N–H and O–H groups in total. The first-order valence-corrected chi connectivity index (χ1v) is 6.92. The first kappa shape index (κ1) is 16.8. The highest BCUT2D eigenvalue weighted by Crippen LogP contribution is 2.30. The Balaban J connectivity index is 0.00000192. The minimum Gasteiger partial charge on any atom is -0.479 e. The van der Waals surface area contributed by atoms with Gasteiger partial charge in [-0.05, 0) is 36.8 Å². The van der Waals surface area contributed by atoms with Gasteiger partial charge in [0.25, 0.3) is 11.8 Å². The molecule has 0 saturated carbocycles. The molecule has 0 spiro atoms. The SMILES string of the molecule is CC1Oc2ccc(CNC(=O)c3cccnc3)cc2NC1=O.Cl. The summed E-state index contributed by atoms with van der Waals surface area (Å²) < 4.78 is 5.49. The smallest absolute Gasteiger partial charge is 0.265 e. The van der Waals surface area contributed by atoms with Gasteiger partial charge in [-0.3, -0.25) is 14.6 Å². The third kappa shape index (κ3) is 3.78. The predicted molar refractivity (Wildman–Crippen MR) is 87.8 cm³/mol. The molecule has 0 radical (unpaired) electrons. The van der Waals surface area contributed by atoms with Gasteiger partial charge in [-0.1, -0.05) is 6.07 Å². The molecule has 1 aliphatic heterocycles. The van der Waals surface area contributed by atoms with E-state index in [4.69, 9.17) is 4.74 Å². The van der Waals surface area contributed by atoms with Crippen molar-refractivity contribution in [3.63, 3.8) is 0 Å². The van der Waals surface area contributed by atoms with Crippen LogP contribution in [0.3, 0.4) is 0 Å². The monoisotopic (exact) mass is 333 g/mol. The predicted octanol–water partition coefficient (Wildman–Crippen LogP) is 2.15. The van der Waals surface area contributed by atoms with E-state index < -0.39 is 6.10 Å². The fourth-order valence-electron chi connectivity index (χ4n) is 2.15. The molecule has 1 aromatic carbocycles. The second-order valence-corrected chi connectivity index (χ2v) is 5.00. The number of rotatable bonds is 3. The Morgan fingerprint density at radius 3 is 2.96 bits per heavy atom. The van der Waals surface area contributed by atoms with Gasteiger partial charge >= 0.3 is 0 Å². The maximum Gasteiger partial charge on any atom is 0.265 e. The number of carbonyl (C=O) groups is 2. The molecular formula is C16H16ClN3O3. The van der Waals surface area contributed by atoms with E-state index in [9.17, 15) is 9.59 Å². The number of benzene rings is 1. The lowest BCUT2D eigenvalue weighted by Crippen LogP contribution is -2.34. The van der Waals surface area contributed by atoms with Crippen LogP contribution in [0.25, 0.3) is 0 Å². The lowest BCUT2D eigenvalue weighted by atomic mass is 10.1. The molecule has 0 aliphatic carbocycles. The van der Waals surface area contributed by atoms with Crippen LogP contribution >= 0.6 is 12.4 Å². The Morgan fingerprint density at radius 2 is 2.22 bits per heavy atom. The number of nitrogens with zero attached hydrogens (tertiary/aromatic N) is 1. The average Bonchev–Trinajstić information content (AvgIpc) is 2.54. The van der Waals surface area contributed by atoms with Crippen LogP contribution in [0.4, 0.5) is 5.69 Å². The van der Waals surface area contributed by atoms with Crippen molar-refractivity contribution in [2.75, 3.05) is 5.32 Å². The minimum absolute atomic E-state index is 0. The van der Waals surface area contributed by atoms with E-state index in [1.54, 1.807) is 37.4 Å². The van der Waals surface area contributed by atoms with E-state index in [1.807, 2.05) is 6.07 Å². The molecule has 1 atom stereocenters. The first-order valence-electron chi connectivity index (χ1n) is 6.92. The number of nitrogens with one attached hydrogen (secondary N) is 2. The lowest BCUT2D eigenvalue weighted by Gasteiger charge is -2.23. The summed E-state index contributed by atoms with van der Waals surface area (Å²) in [6.45, 7) is 2.05. The summed E-state index contributed by atoms with van der Waals surface area (Å²) in [5.74, 6) is 0.262. The number of pyridine rings is 1. The number of hydrogen-bond donors (Lipinski definition) is 2. The van der Waals surface area contributed by atoms with Gasteiger partial charge in [0, 0.05) is 18.9 Å². The summed E-state index contributed by atoms with van der Waals surface area (Å²) in [6, 6.07) is 8.85. The van der Waals surface area contributed by atoms with Gasteiger partial charge in [0.15, 0.2) is 6.10 Å². The molecular weight excluding hydrogens is 318 g/mol. The third-order valence-corrected chi connectivity index (χ3v) is 3.35. The van der Waals surface area contributed by atoms with Crippen LogP contribution < -0.4 is 15.4 Å². The standard InChI is InChI=1S/C16H15N3O3.ClH/c1-10-15(20)19-13-7-11(4-5-14(13)22-10)8-18-16(21)12-3-2-6-17-9-12;/h2-7,9-10H,8H2,1H3,(H,18,21)(H,19,20);1H. The van der Waals surface area contributed by atoms with E-state index in [0.29, 0.717) is 23.5 Å². The summed E-state index contributed by atoms with van der Waals surface area (Å²) >= 11 is 0. The molecule has 1 unspecified atom stereocenters. The van der Waals surface area contributed by atoms with E-state index >= 15 is 0 Å². The van der Waals surface area contributed by atoms with Gasteiger partial charge in [-0.25, -0.2) is 0 Å². The van der Waals surface area contributed by atoms with Gasteiger partial charge in [-0.2, -0.15) is 0 Å². The Hall–Kier alpha value is -2.60. The van der Waals surface area contributed by atoms with E-state index in [-0.39, 0.29) is 24.2 Å². The fraction of sp³-hybridized carbons (Fsp3) is 0.188. The summed E-state index contributed by atoms with van der Waals surface area (Å²) in [4.78, 5) is 27.5. The van der Waals surface area contributed by atoms with Crippen LogP contribution in [0.15, 0.2) is 42.7 Å². The van der Waals surface area contributed by atoms with E-state index in [2.05, 4.69) is 15.6 Å². The normalized spacial score (nSPS) is 15.5. The van der Waals surface area contributed by atoms with Crippen LogP contribution in [-0.2, 0) is 11.3 Å². The largest absolute Gasteiger partial charge is 0.479 e. The van der Waals surface area contributed by atoms with Crippen LogP contribution in [0.2, 0.25) is 0 Å². The minimum atomic E-state index is -0.497. The molecule has 1 aromatic heterocycles. The topological polar surface area (TPSA) is 80.3 Å². The van der Waals surface area contributed by atoms with E-state index in [0.717, 1.165) is 5.56 Å². The van der Waals surface area contributed by atoms with Crippen molar-refractivity contribution >= 4 is 29.9 Å². The van der Waals surface area contributed by atoms with Crippen molar-refractivity contribution in [1.29, 1.82) is 0 Å². The molecule has 7 heteroatoms. The summed E-state index contributed by atoms with van der Waals surface area (Å²) in [5, 5.41) is 5.59. The van der Waals surface area contributed by atoms with E-state index in [1.165, 1.54) is 6.20 Å². The number of fused-ring (bicyclic) bond motifs is 1. The van der Waals surface area contributed by atoms with Crippen LogP contribution in [0.5, 0.6) is 5.75 Å². The number of aromatic nitrogens is 1. The summed E-state index contributed by atoms with van der Waals surface area (Å²) in [7, 11) is 0. The van der Waals surface area contributed by atoms with Crippen LogP contribution in [0.1, 0.15) is 22.8 Å². The Bertz CT molecular complexity index is 722. The van der Waals surface area contributed by atoms with Gasteiger partial charge in [0.05, 0.1) is 11.3 Å². The van der Waals surface area contributed by atoms with Gasteiger partial charge in [0.1, 0.15) is 5.75 Å². The highest BCUT2D eigenvalue weighted by molar-refractivity contribution is 5.97. The molecule has 3 rings (SSSR count). The summed E-state index contributed by atoms with van der Waals surface area (Å²) in [6.07, 6.45) is 2.63. The molecule has 0 saturated heterocycles. The van der Waals surface area contributed by atoms with Crippen molar-refractivity contribution in [2.24, 2.45) is 0 Å². The van der Waals surface area contributed by atoms with Crippen molar-refractivity contribution in [3.05, 3.63) is 53.9 Å². The highest BCUT2D eigenvalue weighted by atomic mass is 35.5. The average molecular weight is 334 g/mol. The number of hydrogen-bond acceptors (Lipinski definition) is 4. The van der Waals surface area contributed by atoms with Crippen LogP contribution in [-0.4, -0.2) is 22.9 Å². The lowest BCUT2D eigenvalue weighted by molar-refractivity contribution is -0.122. The van der Waals surface area contributed by atoms with Crippen molar-refractivity contribution < 1.29 is 14.3 Å². The van der Waals surface area contributed by atoms with Crippen molar-refractivity contribution in [1.82, 2.24) is 10.3 Å². The molecule has 2 heterocycles. The highest BCUT2D eigenvalue weighted by Gasteiger charge is 2.23. The molecule has 1 aliphatic rings. The quantitative estimate of drug-likeness (QED) is 0.902. The maximum absolute atomic E-state index is 12.0. The molecule has 2 amide bonds. The van der Waals surface area contributed by atoms with Gasteiger partial charge in [-0.15, -0.1) is 12.4 Å². The number of anilines is 1. The first-order chi connectivity index (χ1) is 10.6. The third-order valence-electron chi connectivity index (χ3n) is 3.35. The number of amides is 2. The maximum atomic E-state index is 12.0. The molecule has 6 nitrogen and oxygen atoms in total. The molecule has 120 valence electrons. The summed E-state index contributed by atoms with van der Waals surface area (Å²) in [5.41, 5.74) is 2.00. The molecule has 23 heavy (non-hydrogen) atoms. The number of halogens is 1. The van der Waals surface area contributed by atoms with Gasteiger partial charge < -0.3 is 15.4 Å². The molecule has 2 aromatic rings.